The number of benzene rings is 2. The molecule has 3 rings (SSSR count). The lowest BCUT2D eigenvalue weighted by Gasteiger charge is -2.23. The van der Waals surface area contributed by atoms with Crippen molar-refractivity contribution in [1.29, 1.82) is 0 Å². The van der Waals surface area contributed by atoms with Crippen LogP contribution in [0.1, 0.15) is 65.5 Å². The first kappa shape index (κ1) is 20.1. The maximum absolute atomic E-state index is 12.4. The average molecular weight is 380 g/mol. The van der Waals surface area contributed by atoms with Gasteiger partial charge in [0.05, 0.1) is 5.56 Å². The van der Waals surface area contributed by atoms with Gasteiger partial charge in [0.15, 0.2) is 0 Å². The number of carbonyl (C=O) groups is 2. The van der Waals surface area contributed by atoms with Gasteiger partial charge in [0.1, 0.15) is 5.60 Å². The molecule has 0 spiro atoms. The summed E-state index contributed by atoms with van der Waals surface area (Å²) in [5.41, 5.74) is 8.11. The Morgan fingerprint density at radius 2 is 1.54 bits per heavy atom. The van der Waals surface area contributed by atoms with Crippen LogP contribution in [0.4, 0.5) is 0 Å². The molecule has 0 saturated heterocycles. The van der Waals surface area contributed by atoms with Crippen LogP contribution < -0.4 is 5.73 Å². The number of hydrogen-bond acceptors (Lipinski definition) is 4. The molecule has 1 saturated carbocycles. The Bertz CT molecular complexity index is 866. The second kappa shape index (κ2) is 8.15. The lowest BCUT2D eigenvalue weighted by molar-refractivity contribution is 0.00692. The smallest absolute Gasteiger partial charge is 0.338 e. The molecule has 1 aliphatic carbocycles. The van der Waals surface area contributed by atoms with Gasteiger partial charge < -0.3 is 10.5 Å². The highest BCUT2D eigenvalue weighted by atomic mass is 16.6. The van der Waals surface area contributed by atoms with E-state index >= 15 is 0 Å². The van der Waals surface area contributed by atoms with E-state index in [2.05, 4.69) is 4.90 Å². The van der Waals surface area contributed by atoms with E-state index in [1.165, 1.54) is 12.8 Å². The third-order valence-electron chi connectivity index (χ3n) is 4.61. The highest BCUT2D eigenvalue weighted by Gasteiger charge is 2.29. The second-order valence-electron chi connectivity index (χ2n) is 8.40. The molecule has 28 heavy (non-hydrogen) atoms. The number of primary amides is 1. The maximum Gasteiger partial charge on any atom is 0.338 e. The fraction of sp³-hybridized carbons (Fsp3) is 0.391. The fourth-order valence-corrected chi connectivity index (χ4v) is 3.18. The molecule has 0 bridgehead atoms. The number of esters is 1. The van der Waals surface area contributed by atoms with Crippen molar-refractivity contribution in [2.24, 2.45) is 5.73 Å². The Balaban J connectivity index is 1.73. The average Bonchev–Trinajstić information content (AvgIpc) is 3.45. The van der Waals surface area contributed by atoms with Crippen molar-refractivity contribution >= 4 is 11.9 Å². The largest absolute Gasteiger partial charge is 0.456 e. The van der Waals surface area contributed by atoms with Gasteiger partial charge in [-0.15, -0.1) is 0 Å². The summed E-state index contributed by atoms with van der Waals surface area (Å²) in [6.45, 7) is 7.07. The highest BCUT2D eigenvalue weighted by Crippen LogP contribution is 2.30. The van der Waals surface area contributed by atoms with Gasteiger partial charge in [0.25, 0.3) is 0 Å². The minimum absolute atomic E-state index is 0.304. The number of nitrogens with zero attached hydrogens (tertiary/aromatic N) is 1. The summed E-state index contributed by atoms with van der Waals surface area (Å²) >= 11 is 0. The van der Waals surface area contributed by atoms with Gasteiger partial charge in [0.2, 0.25) is 5.91 Å². The van der Waals surface area contributed by atoms with Crippen LogP contribution in [0, 0.1) is 0 Å². The van der Waals surface area contributed by atoms with Crippen molar-refractivity contribution in [1.82, 2.24) is 4.90 Å². The Morgan fingerprint density at radius 3 is 2.04 bits per heavy atom. The van der Waals surface area contributed by atoms with Crippen LogP contribution in [-0.4, -0.2) is 28.4 Å². The Hall–Kier alpha value is -2.66. The molecule has 0 heterocycles. The summed E-state index contributed by atoms with van der Waals surface area (Å²) in [5, 5.41) is 0. The van der Waals surface area contributed by atoms with Crippen LogP contribution in [0.2, 0.25) is 0 Å². The normalized spacial score (nSPS) is 14.1. The molecule has 5 nitrogen and oxygen atoms in total. The monoisotopic (exact) mass is 380 g/mol. The van der Waals surface area contributed by atoms with E-state index in [1.807, 2.05) is 57.2 Å². The Kier molecular flexibility index (Phi) is 5.84. The summed E-state index contributed by atoms with van der Waals surface area (Å²) in [6.07, 6.45) is 2.34. The van der Waals surface area contributed by atoms with E-state index in [0.29, 0.717) is 17.2 Å². The number of hydrogen-bond donors (Lipinski definition) is 1. The van der Waals surface area contributed by atoms with Crippen LogP contribution in [0.25, 0.3) is 0 Å². The van der Waals surface area contributed by atoms with Crippen molar-refractivity contribution in [3.63, 3.8) is 0 Å². The third kappa shape index (κ3) is 5.67. The molecule has 0 atom stereocenters. The zero-order valence-electron chi connectivity index (χ0n) is 16.8. The van der Waals surface area contributed by atoms with Crippen molar-refractivity contribution in [3.8, 4) is 0 Å². The van der Waals surface area contributed by atoms with Crippen LogP contribution in [0.3, 0.4) is 0 Å². The topological polar surface area (TPSA) is 72.6 Å². The maximum atomic E-state index is 12.4. The Labute approximate surface area is 166 Å². The number of carbonyl (C=O) groups excluding carboxylic acids is 2. The van der Waals surface area contributed by atoms with Gasteiger partial charge >= 0.3 is 5.97 Å². The quantitative estimate of drug-likeness (QED) is 0.739. The van der Waals surface area contributed by atoms with Crippen molar-refractivity contribution in [2.75, 3.05) is 0 Å². The summed E-state index contributed by atoms with van der Waals surface area (Å²) in [6, 6.07) is 15.6. The van der Waals surface area contributed by atoms with E-state index < -0.39 is 11.5 Å². The number of nitrogens with two attached hydrogens (primary N) is 1. The minimum atomic E-state index is -0.515. The molecule has 1 aliphatic rings. The minimum Gasteiger partial charge on any atom is -0.456 e. The van der Waals surface area contributed by atoms with E-state index in [0.717, 1.165) is 24.2 Å². The van der Waals surface area contributed by atoms with Crippen molar-refractivity contribution < 1.29 is 14.3 Å². The molecule has 0 unspecified atom stereocenters. The molecule has 2 N–H and O–H groups in total. The molecule has 0 aromatic heterocycles. The van der Waals surface area contributed by atoms with E-state index in [9.17, 15) is 9.59 Å². The molecule has 148 valence electrons. The SMILES string of the molecule is CC(C)(C)OC(=O)c1cccc(CN(Cc2cccc(C(N)=O)c2)C2CC2)c1. The van der Waals surface area contributed by atoms with E-state index in [4.69, 9.17) is 10.5 Å². The standard InChI is InChI=1S/C23H28N2O3/c1-23(2,3)28-22(27)19-9-5-7-17(13-19)15-25(20-10-11-20)14-16-6-4-8-18(12-16)21(24)26/h4-9,12-13,20H,10-11,14-15H2,1-3H3,(H2,24,26). The van der Waals surface area contributed by atoms with Crippen LogP contribution in [0.5, 0.6) is 0 Å². The fourth-order valence-electron chi connectivity index (χ4n) is 3.18. The van der Waals surface area contributed by atoms with E-state index in [1.54, 1.807) is 12.1 Å². The van der Waals surface area contributed by atoms with Crippen LogP contribution in [0.15, 0.2) is 48.5 Å². The first-order chi connectivity index (χ1) is 13.2. The van der Waals surface area contributed by atoms with Crippen LogP contribution in [-0.2, 0) is 17.8 Å². The van der Waals surface area contributed by atoms with Crippen LogP contribution >= 0.6 is 0 Å². The molecule has 0 radical (unpaired) electrons. The lowest BCUT2D eigenvalue weighted by Crippen LogP contribution is -2.26. The van der Waals surface area contributed by atoms with Gasteiger partial charge in [-0.05, 0) is 69.0 Å². The molecular weight excluding hydrogens is 352 g/mol. The predicted octanol–water partition coefficient (Wildman–Crippen LogP) is 3.91. The number of amides is 1. The van der Waals surface area contributed by atoms with Gasteiger partial charge in [0, 0.05) is 24.7 Å². The zero-order valence-corrected chi connectivity index (χ0v) is 16.8. The van der Waals surface area contributed by atoms with E-state index in [-0.39, 0.29) is 5.97 Å². The van der Waals surface area contributed by atoms with Gasteiger partial charge in [-0.1, -0.05) is 24.3 Å². The molecule has 5 heteroatoms. The summed E-state index contributed by atoms with van der Waals surface area (Å²) in [7, 11) is 0. The molecule has 1 amide bonds. The molecule has 1 fully saturated rings. The number of rotatable bonds is 7. The first-order valence-corrected chi connectivity index (χ1v) is 9.66. The lowest BCUT2D eigenvalue weighted by atomic mass is 10.1. The van der Waals surface area contributed by atoms with Gasteiger partial charge in [-0.3, -0.25) is 9.69 Å². The summed E-state index contributed by atoms with van der Waals surface area (Å²) < 4.78 is 5.48. The zero-order chi connectivity index (χ0) is 20.3. The predicted molar refractivity (Wildman–Crippen MR) is 109 cm³/mol. The van der Waals surface area contributed by atoms with Crippen molar-refractivity contribution in [3.05, 3.63) is 70.8 Å². The van der Waals surface area contributed by atoms with Gasteiger partial charge in [-0.2, -0.15) is 0 Å². The highest BCUT2D eigenvalue weighted by molar-refractivity contribution is 5.92. The summed E-state index contributed by atoms with van der Waals surface area (Å²) in [5.74, 6) is -0.716. The molecule has 2 aromatic carbocycles. The Morgan fingerprint density at radius 1 is 1.00 bits per heavy atom. The van der Waals surface area contributed by atoms with Gasteiger partial charge in [-0.25, -0.2) is 4.79 Å². The first-order valence-electron chi connectivity index (χ1n) is 9.66. The number of ether oxygens (including phenoxy) is 1. The molecule has 2 aromatic rings. The molecular formula is C23H28N2O3. The van der Waals surface area contributed by atoms with Crippen molar-refractivity contribution in [2.45, 2.75) is 58.3 Å². The second-order valence-corrected chi connectivity index (χ2v) is 8.40. The molecule has 0 aliphatic heterocycles. The third-order valence-corrected chi connectivity index (χ3v) is 4.61. The summed E-state index contributed by atoms with van der Waals surface area (Å²) in [4.78, 5) is 26.2.